The van der Waals surface area contributed by atoms with E-state index in [9.17, 15) is 9.59 Å². The number of nitrogens with zero attached hydrogens (tertiary/aromatic N) is 2. The van der Waals surface area contributed by atoms with Gasteiger partial charge in [0.1, 0.15) is 0 Å². The van der Waals surface area contributed by atoms with E-state index in [-0.39, 0.29) is 5.91 Å². The van der Waals surface area contributed by atoms with Gasteiger partial charge in [0.15, 0.2) is 5.69 Å². The predicted octanol–water partition coefficient (Wildman–Crippen LogP) is 2.67. The van der Waals surface area contributed by atoms with Crippen molar-refractivity contribution in [1.82, 2.24) is 14.9 Å². The van der Waals surface area contributed by atoms with Crippen molar-refractivity contribution >= 4 is 33.7 Å². The summed E-state index contributed by atoms with van der Waals surface area (Å²) in [4.78, 5) is 34.4. The molecule has 1 N–H and O–H groups in total. The molecular formula is C20H21N3O4. The summed E-state index contributed by atoms with van der Waals surface area (Å²) >= 11 is 0. The normalized spacial score (nSPS) is 14.7. The van der Waals surface area contributed by atoms with Gasteiger partial charge >= 0.3 is 5.97 Å². The number of aromatic nitrogens is 2. The number of hydrogen-bond donors (Lipinski definition) is 1. The first-order valence-corrected chi connectivity index (χ1v) is 9.05. The van der Waals surface area contributed by atoms with Gasteiger partial charge < -0.3 is 19.4 Å². The molecule has 2 aromatic heterocycles. The zero-order valence-corrected chi connectivity index (χ0v) is 15.4. The van der Waals surface area contributed by atoms with Gasteiger partial charge in [-0.05, 0) is 37.6 Å². The summed E-state index contributed by atoms with van der Waals surface area (Å²) in [5, 5.41) is 1.79. The summed E-state index contributed by atoms with van der Waals surface area (Å²) < 4.78 is 10.4. The molecule has 3 aromatic rings. The van der Waals surface area contributed by atoms with Crippen molar-refractivity contribution in [3.8, 4) is 0 Å². The van der Waals surface area contributed by atoms with Crippen LogP contribution in [0.25, 0.3) is 21.8 Å². The Labute approximate surface area is 156 Å². The fourth-order valence-corrected chi connectivity index (χ4v) is 3.55. The molecular weight excluding hydrogens is 346 g/mol. The number of morpholine rings is 1. The van der Waals surface area contributed by atoms with Gasteiger partial charge in [0.05, 0.1) is 31.5 Å². The first-order chi connectivity index (χ1) is 13.1. The van der Waals surface area contributed by atoms with Crippen LogP contribution in [0.4, 0.5) is 0 Å². The third kappa shape index (κ3) is 3.04. The van der Waals surface area contributed by atoms with Crippen LogP contribution in [0.3, 0.4) is 0 Å². The molecule has 0 aliphatic carbocycles. The largest absolute Gasteiger partial charge is 0.461 e. The summed E-state index contributed by atoms with van der Waals surface area (Å²) in [7, 11) is 0. The number of hydrogen-bond acceptors (Lipinski definition) is 5. The SMILES string of the molecule is CCOC(=O)c1ncc2[nH]c3ccc(C(=O)N4CCOCC4)cc3c2c1C. The van der Waals surface area contributed by atoms with E-state index >= 15 is 0 Å². The molecule has 1 aliphatic rings. The van der Waals surface area contributed by atoms with Crippen LogP contribution in [0, 0.1) is 6.92 Å². The van der Waals surface area contributed by atoms with E-state index in [0.29, 0.717) is 44.2 Å². The number of carbonyl (C=O) groups excluding carboxylic acids is 2. The van der Waals surface area contributed by atoms with Crippen LogP contribution in [-0.2, 0) is 9.47 Å². The van der Waals surface area contributed by atoms with Crippen molar-refractivity contribution in [3.05, 3.63) is 41.2 Å². The molecule has 1 aliphatic heterocycles. The van der Waals surface area contributed by atoms with Crippen LogP contribution in [-0.4, -0.2) is 59.7 Å². The summed E-state index contributed by atoms with van der Waals surface area (Å²) in [6.07, 6.45) is 1.64. The standard InChI is InChI=1S/C20H21N3O4/c1-3-27-20(25)18-12(2)17-14-10-13(19(24)23-6-8-26-9-7-23)4-5-15(14)22-16(17)11-21-18/h4-5,10-11,22H,3,6-9H2,1-2H3. The van der Waals surface area contributed by atoms with Crippen molar-refractivity contribution in [2.24, 2.45) is 0 Å². The highest BCUT2D eigenvalue weighted by Gasteiger charge is 2.21. The van der Waals surface area contributed by atoms with Crippen molar-refractivity contribution in [3.63, 3.8) is 0 Å². The molecule has 1 fully saturated rings. The number of nitrogens with one attached hydrogen (secondary N) is 1. The van der Waals surface area contributed by atoms with Gasteiger partial charge in [0.25, 0.3) is 5.91 Å². The molecule has 4 rings (SSSR count). The molecule has 0 saturated carbocycles. The minimum Gasteiger partial charge on any atom is -0.461 e. The molecule has 0 radical (unpaired) electrons. The molecule has 0 unspecified atom stereocenters. The number of pyridine rings is 1. The van der Waals surface area contributed by atoms with E-state index < -0.39 is 5.97 Å². The Bertz CT molecular complexity index is 1030. The molecule has 0 atom stereocenters. The summed E-state index contributed by atoms with van der Waals surface area (Å²) in [5.74, 6) is -0.446. The van der Waals surface area contributed by atoms with E-state index in [4.69, 9.17) is 9.47 Å². The highest BCUT2D eigenvalue weighted by Crippen LogP contribution is 2.30. The van der Waals surface area contributed by atoms with Crippen LogP contribution in [0.1, 0.15) is 33.3 Å². The minimum absolute atomic E-state index is 0.00752. The zero-order chi connectivity index (χ0) is 19.0. The van der Waals surface area contributed by atoms with E-state index in [0.717, 1.165) is 27.4 Å². The van der Waals surface area contributed by atoms with E-state index in [1.165, 1.54) is 0 Å². The number of fused-ring (bicyclic) bond motifs is 3. The minimum atomic E-state index is -0.438. The van der Waals surface area contributed by atoms with Crippen LogP contribution in [0.2, 0.25) is 0 Å². The highest BCUT2D eigenvalue weighted by molar-refractivity contribution is 6.12. The molecule has 0 spiro atoms. The van der Waals surface area contributed by atoms with E-state index in [1.807, 2.05) is 25.1 Å². The Kier molecular flexibility index (Phi) is 4.53. The first-order valence-electron chi connectivity index (χ1n) is 9.05. The zero-order valence-electron chi connectivity index (χ0n) is 15.4. The number of rotatable bonds is 3. The van der Waals surface area contributed by atoms with Gasteiger partial charge in [-0.15, -0.1) is 0 Å². The summed E-state index contributed by atoms with van der Waals surface area (Å²) in [5.41, 5.74) is 3.39. The van der Waals surface area contributed by atoms with Crippen molar-refractivity contribution in [2.45, 2.75) is 13.8 Å². The maximum absolute atomic E-state index is 12.8. The number of ether oxygens (including phenoxy) is 2. The maximum Gasteiger partial charge on any atom is 0.357 e. The molecule has 0 bridgehead atoms. The Balaban J connectivity index is 1.81. The molecule has 1 aromatic carbocycles. The van der Waals surface area contributed by atoms with Crippen molar-refractivity contribution in [2.75, 3.05) is 32.9 Å². The van der Waals surface area contributed by atoms with Gasteiger partial charge in [-0.2, -0.15) is 0 Å². The second-order valence-electron chi connectivity index (χ2n) is 6.53. The lowest BCUT2D eigenvalue weighted by molar-refractivity contribution is 0.0303. The number of aromatic amines is 1. The Morgan fingerprint density at radius 2 is 2.04 bits per heavy atom. The van der Waals surface area contributed by atoms with Crippen LogP contribution < -0.4 is 0 Å². The molecule has 1 amide bonds. The Hall–Kier alpha value is -2.93. The second-order valence-corrected chi connectivity index (χ2v) is 6.53. The average Bonchev–Trinajstić information content (AvgIpc) is 3.07. The molecule has 3 heterocycles. The fraction of sp³-hybridized carbons (Fsp3) is 0.350. The number of benzene rings is 1. The van der Waals surface area contributed by atoms with Gasteiger partial charge in [-0.3, -0.25) is 4.79 Å². The average molecular weight is 367 g/mol. The lowest BCUT2D eigenvalue weighted by atomic mass is 10.0. The molecule has 1 saturated heterocycles. The lowest BCUT2D eigenvalue weighted by Crippen LogP contribution is -2.40. The second kappa shape index (κ2) is 7.00. The van der Waals surface area contributed by atoms with Crippen LogP contribution >= 0.6 is 0 Å². The topological polar surface area (TPSA) is 84.5 Å². The number of esters is 1. The van der Waals surface area contributed by atoms with Crippen molar-refractivity contribution in [1.29, 1.82) is 0 Å². The van der Waals surface area contributed by atoms with E-state index in [1.54, 1.807) is 18.0 Å². The van der Waals surface area contributed by atoms with Gasteiger partial charge in [-0.1, -0.05) is 0 Å². The number of H-pyrrole nitrogens is 1. The molecule has 7 nitrogen and oxygen atoms in total. The summed E-state index contributed by atoms with van der Waals surface area (Å²) in [6, 6.07) is 5.60. The number of carbonyl (C=O) groups is 2. The monoisotopic (exact) mass is 367 g/mol. The lowest BCUT2D eigenvalue weighted by Gasteiger charge is -2.26. The van der Waals surface area contributed by atoms with Gasteiger partial charge in [0.2, 0.25) is 0 Å². The van der Waals surface area contributed by atoms with Gasteiger partial charge in [0, 0.05) is 34.9 Å². The molecule has 140 valence electrons. The number of aryl methyl sites for hydroxylation is 1. The smallest absolute Gasteiger partial charge is 0.357 e. The maximum atomic E-state index is 12.8. The third-order valence-electron chi connectivity index (χ3n) is 4.89. The predicted molar refractivity (Wildman–Crippen MR) is 101 cm³/mol. The Morgan fingerprint density at radius 3 is 2.78 bits per heavy atom. The van der Waals surface area contributed by atoms with Gasteiger partial charge in [-0.25, -0.2) is 9.78 Å². The first kappa shape index (κ1) is 17.5. The third-order valence-corrected chi connectivity index (χ3v) is 4.89. The van der Waals surface area contributed by atoms with Crippen LogP contribution in [0.5, 0.6) is 0 Å². The fourth-order valence-electron chi connectivity index (χ4n) is 3.55. The van der Waals surface area contributed by atoms with Crippen LogP contribution in [0.15, 0.2) is 24.4 Å². The number of amides is 1. The van der Waals surface area contributed by atoms with Crippen molar-refractivity contribution < 1.29 is 19.1 Å². The quantitative estimate of drug-likeness (QED) is 0.720. The molecule has 27 heavy (non-hydrogen) atoms. The van der Waals surface area contributed by atoms with E-state index in [2.05, 4.69) is 9.97 Å². The highest BCUT2D eigenvalue weighted by atomic mass is 16.5. The summed E-state index contributed by atoms with van der Waals surface area (Å²) in [6.45, 7) is 6.24. The molecule has 7 heteroatoms. The Morgan fingerprint density at radius 1 is 1.26 bits per heavy atom.